The molecular weight excluding hydrogens is 288 g/mol. The van der Waals surface area contributed by atoms with E-state index in [0.717, 1.165) is 35.4 Å². The molecule has 3 aliphatic rings. The van der Waals surface area contributed by atoms with Crippen LogP contribution in [0.4, 0.5) is 0 Å². The Bertz CT molecular complexity index is 895. The van der Waals surface area contributed by atoms with Gasteiger partial charge < -0.3 is 9.72 Å². The lowest BCUT2D eigenvalue weighted by atomic mass is 9.98. The Labute approximate surface area is 135 Å². The summed E-state index contributed by atoms with van der Waals surface area (Å²) in [5.74, 6) is 1.88. The molecule has 1 aromatic rings. The minimum atomic E-state index is -0.0129. The monoisotopic (exact) mass is 308 g/mol. The van der Waals surface area contributed by atoms with Crippen molar-refractivity contribution >= 4 is 17.9 Å². The number of methoxy groups -OCH3 is 1. The predicted molar refractivity (Wildman–Crippen MR) is 86.5 cm³/mol. The van der Waals surface area contributed by atoms with Crippen molar-refractivity contribution < 1.29 is 9.53 Å². The SMILES string of the molecule is COC1=CC2(C)C(C)C2/C=c2/c(C#N)c(C3CC3)[nH]c2=C1C=O. The minimum absolute atomic E-state index is 0.0129. The van der Waals surface area contributed by atoms with Gasteiger partial charge in [0.05, 0.1) is 23.6 Å². The molecule has 23 heavy (non-hydrogen) atoms. The average molecular weight is 308 g/mol. The van der Waals surface area contributed by atoms with Crippen LogP contribution in [0.15, 0.2) is 11.8 Å². The lowest BCUT2D eigenvalue weighted by Crippen LogP contribution is -2.30. The third kappa shape index (κ3) is 1.86. The molecule has 3 atom stereocenters. The molecule has 0 aliphatic heterocycles. The fourth-order valence-electron chi connectivity index (χ4n) is 4.01. The second-order valence-corrected chi connectivity index (χ2v) is 7.18. The third-order valence-corrected chi connectivity index (χ3v) is 5.95. The molecule has 3 unspecified atom stereocenters. The van der Waals surface area contributed by atoms with Gasteiger partial charge in [0.25, 0.3) is 0 Å². The van der Waals surface area contributed by atoms with E-state index in [1.807, 2.05) is 0 Å². The van der Waals surface area contributed by atoms with E-state index in [1.165, 1.54) is 0 Å². The molecule has 0 amide bonds. The van der Waals surface area contributed by atoms with Gasteiger partial charge in [-0.15, -0.1) is 0 Å². The molecule has 4 heteroatoms. The Kier molecular flexibility index (Phi) is 2.87. The van der Waals surface area contributed by atoms with Crippen LogP contribution in [-0.2, 0) is 9.53 Å². The van der Waals surface area contributed by atoms with Crippen molar-refractivity contribution in [2.45, 2.75) is 32.6 Å². The first-order valence-corrected chi connectivity index (χ1v) is 8.15. The van der Waals surface area contributed by atoms with Crippen LogP contribution in [0.25, 0.3) is 11.6 Å². The van der Waals surface area contributed by atoms with Crippen LogP contribution in [0.1, 0.15) is 43.9 Å². The minimum Gasteiger partial charge on any atom is -0.496 e. The summed E-state index contributed by atoms with van der Waals surface area (Å²) < 4.78 is 5.53. The predicted octanol–water partition coefficient (Wildman–Crippen LogP) is 1.71. The molecule has 0 aromatic carbocycles. The fourth-order valence-corrected chi connectivity index (χ4v) is 4.01. The van der Waals surface area contributed by atoms with E-state index in [2.05, 4.69) is 37.1 Å². The number of carbonyl (C=O) groups excluding carboxylic acids is 1. The highest BCUT2D eigenvalue weighted by Crippen LogP contribution is 2.61. The topological polar surface area (TPSA) is 65.9 Å². The standard InChI is InChI=1S/C19H20N2O2/c1-10-15-6-12-13(8-20)17(11-4-5-11)21-18(12)14(9-22)16(23-3)7-19(10,15)2/h6-7,9-11,15,21H,4-5H2,1-3H3/b12-6-,16-7?,18-14?. The van der Waals surface area contributed by atoms with Gasteiger partial charge >= 0.3 is 0 Å². The first kappa shape index (κ1) is 14.3. The molecule has 0 radical (unpaired) electrons. The van der Waals surface area contributed by atoms with E-state index in [0.29, 0.717) is 34.6 Å². The summed E-state index contributed by atoms with van der Waals surface area (Å²) in [4.78, 5) is 15.2. The summed E-state index contributed by atoms with van der Waals surface area (Å²) in [6, 6.07) is 2.37. The average Bonchev–Trinajstić information content (AvgIpc) is 3.42. The molecule has 0 spiro atoms. The maximum atomic E-state index is 11.8. The highest BCUT2D eigenvalue weighted by atomic mass is 16.5. The zero-order chi connectivity index (χ0) is 16.4. The number of ether oxygens (including phenoxy) is 1. The van der Waals surface area contributed by atoms with Crippen LogP contribution in [0.2, 0.25) is 0 Å². The molecule has 1 aromatic heterocycles. The number of allylic oxidation sites excluding steroid dienone is 2. The lowest BCUT2D eigenvalue weighted by Gasteiger charge is -2.11. The number of rotatable bonds is 3. The lowest BCUT2D eigenvalue weighted by molar-refractivity contribution is -0.103. The van der Waals surface area contributed by atoms with Crippen LogP contribution < -0.4 is 10.6 Å². The van der Waals surface area contributed by atoms with Crippen molar-refractivity contribution in [3.63, 3.8) is 0 Å². The number of aldehydes is 1. The normalized spacial score (nSPS) is 33.0. The molecule has 2 fully saturated rings. The molecule has 0 bridgehead atoms. The molecule has 0 saturated heterocycles. The molecular formula is C19H20N2O2. The summed E-state index contributed by atoms with van der Waals surface area (Å²) in [5.41, 5.74) is 2.20. The van der Waals surface area contributed by atoms with Crippen molar-refractivity contribution in [3.8, 4) is 6.07 Å². The molecule has 2 saturated carbocycles. The molecule has 118 valence electrons. The number of nitriles is 1. The molecule has 1 N–H and O–H groups in total. The van der Waals surface area contributed by atoms with Crippen LogP contribution in [0.5, 0.6) is 0 Å². The molecule has 4 rings (SSSR count). The van der Waals surface area contributed by atoms with E-state index >= 15 is 0 Å². The Balaban J connectivity index is 2.11. The highest BCUT2D eigenvalue weighted by molar-refractivity contribution is 6.05. The van der Waals surface area contributed by atoms with Crippen LogP contribution in [-0.4, -0.2) is 18.4 Å². The van der Waals surface area contributed by atoms with E-state index in [-0.39, 0.29) is 5.41 Å². The largest absolute Gasteiger partial charge is 0.496 e. The second kappa shape index (κ2) is 4.61. The smallest absolute Gasteiger partial charge is 0.155 e. The first-order valence-electron chi connectivity index (χ1n) is 8.15. The molecule has 4 nitrogen and oxygen atoms in total. The van der Waals surface area contributed by atoms with Gasteiger partial charge in [0.15, 0.2) is 6.29 Å². The number of H-pyrrole nitrogens is 1. The van der Waals surface area contributed by atoms with Crippen molar-refractivity contribution in [1.82, 2.24) is 4.98 Å². The summed E-state index contributed by atoms with van der Waals surface area (Å²) in [7, 11) is 1.60. The van der Waals surface area contributed by atoms with Crippen molar-refractivity contribution in [3.05, 3.63) is 33.7 Å². The second-order valence-electron chi connectivity index (χ2n) is 7.18. The Morgan fingerprint density at radius 1 is 1.48 bits per heavy atom. The molecule has 3 aliphatic carbocycles. The summed E-state index contributed by atoms with van der Waals surface area (Å²) in [6.45, 7) is 4.39. The summed E-state index contributed by atoms with van der Waals surface area (Å²) >= 11 is 0. The number of nitrogens with one attached hydrogen (secondary N) is 1. The number of hydrogen-bond donors (Lipinski definition) is 1. The van der Waals surface area contributed by atoms with Crippen molar-refractivity contribution in [1.29, 1.82) is 5.26 Å². The number of aromatic nitrogens is 1. The van der Waals surface area contributed by atoms with Crippen molar-refractivity contribution in [2.75, 3.05) is 7.11 Å². The third-order valence-electron chi connectivity index (χ3n) is 5.95. The molecule has 1 heterocycles. The van der Waals surface area contributed by atoms with Gasteiger partial charge in [0.1, 0.15) is 11.8 Å². The maximum absolute atomic E-state index is 11.8. The van der Waals surface area contributed by atoms with E-state index < -0.39 is 0 Å². The number of hydrogen-bond acceptors (Lipinski definition) is 3. The Morgan fingerprint density at radius 3 is 2.78 bits per heavy atom. The Morgan fingerprint density at radius 2 is 2.22 bits per heavy atom. The number of carbonyl (C=O) groups is 1. The zero-order valence-corrected chi connectivity index (χ0v) is 13.6. The van der Waals surface area contributed by atoms with E-state index in [4.69, 9.17) is 4.74 Å². The maximum Gasteiger partial charge on any atom is 0.155 e. The number of fused-ring (bicyclic) bond motifs is 2. The van der Waals surface area contributed by atoms with Gasteiger partial charge in [-0.25, -0.2) is 0 Å². The first-order chi connectivity index (χ1) is 11.0. The fraction of sp³-hybridized carbons (Fsp3) is 0.474. The van der Waals surface area contributed by atoms with E-state index in [9.17, 15) is 10.1 Å². The quantitative estimate of drug-likeness (QED) is 0.865. The van der Waals surface area contributed by atoms with Gasteiger partial charge in [-0.2, -0.15) is 5.26 Å². The summed E-state index contributed by atoms with van der Waals surface area (Å²) in [6.07, 6.45) is 7.32. The van der Waals surface area contributed by atoms with Crippen LogP contribution in [0, 0.1) is 28.6 Å². The zero-order valence-electron chi connectivity index (χ0n) is 13.6. The van der Waals surface area contributed by atoms with Crippen LogP contribution >= 0.6 is 0 Å². The van der Waals surface area contributed by atoms with Gasteiger partial charge in [-0.05, 0) is 36.2 Å². The van der Waals surface area contributed by atoms with Crippen LogP contribution in [0.3, 0.4) is 0 Å². The van der Waals surface area contributed by atoms with E-state index in [1.54, 1.807) is 7.11 Å². The van der Waals surface area contributed by atoms with Gasteiger partial charge in [-0.3, -0.25) is 4.79 Å². The Hall–Kier alpha value is -2.28. The summed E-state index contributed by atoms with van der Waals surface area (Å²) in [5, 5.41) is 11.3. The number of aromatic amines is 1. The number of nitrogens with zero attached hydrogens (tertiary/aromatic N) is 1. The highest BCUT2D eigenvalue weighted by Gasteiger charge is 2.56. The van der Waals surface area contributed by atoms with Crippen molar-refractivity contribution in [2.24, 2.45) is 17.3 Å². The van der Waals surface area contributed by atoms with Gasteiger partial charge in [0.2, 0.25) is 0 Å². The van der Waals surface area contributed by atoms with Gasteiger partial charge in [0, 0.05) is 16.8 Å². The van der Waals surface area contributed by atoms with Gasteiger partial charge in [-0.1, -0.05) is 19.9 Å².